The minimum Gasteiger partial charge on any atom is -0.493 e. The zero-order chi connectivity index (χ0) is 15.2. The van der Waals surface area contributed by atoms with Crippen molar-refractivity contribution in [2.24, 2.45) is 5.10 Å². The molecule has 0 bridgehead atoms. The number of methoxy groups -OCH3 is 1. The molecule has 0 radical (unpaired) electrons. The first-order valence-electron chi connectivity index (χ1n) is 8.06. The van der Waals surface area contributed by atoms with Crippen LogP contribution in [-0.2, 0) is 4.74 Å². The van der Waals surface area contributed by atoms with Crippen LogP contribution in [0.5, 0.6) is 11.5 Å². The molecule has 120 valence electrons. The van der Waals surface area contributed by atoms with Gasteiger partial charge < -0.3 is 14.2 Å². The molecule has 5 nitrogen and oxygen atoms in total. The minimum absolute atomic E-state index is 0.320. The second kappa shape index (κ2) is 7.49. The first-order valence-corrected chi connectivity index (χ1v) is 8.06. The Morgan fingerprint density at radius 3 is 2.68 bits per heavy atom. The highest BCUT2D eigenvalue weighted by Crippen LogP contribution is 2.32. The van der Waals surface area contributed by atoms with Gasteiger partial charge in [0.25, 0.3) is 0 Å². The highest BCUT2D eigenvalue weighted by Gasteiger charge is 2.18. The van der Waals surface area contributed by atoms with Gasteiger partial charge in [-0.25, -0.2) is 0 Å². The first-order chi connectivity index (χ1) is 10.8. The molecule has 0 aromatic heterocycles. The van der Waals surface area contributed by atoms with E-state index in [9.17, 15) is 0 Å². The standard InChI is InChI=1S/C17H24N2O3/c1-20-16-7-6-14(13-18-19-8-10-21-11-9-19)12-17(16)22-15-4-2-3-5-15/h6-7,12-13,15H,2-5,8-11H2,1H3/b18-13-. The quantitative estimate of drug-likeness (QED) is 0.785. The second-order valence-corrected chi connectivity index (χ2v) is 5.75. The SMILES string of the molecule is COc1ccc(/C=N\N2CCOCC2)cc1OC1CCCC1. The summed E-state index contributed by atoms with van der Waals surface area (Å²) in [6.45, 7) is 3.18. The summed E-state index contributed by atoms with van der Waals surface area (Å²) in [5, 5.41) is 6.55. The normalized spacial score (nSPS) is 19.8. The number of rotatable bonds is 5. The van der Waals surface area contributed by atoms with Crippen LogP contribution >= 0.6 is 0 Å². The molecule has 1 heterocycles. The Bertz CT molecular complexity index is 507. The van der Waals surface area contributed by atoms with E-state index in [-0.39, 0.29) is 0 Å². The number of hydrogen-bond acceptors (Lipinski definition) is 5. The van der Waals surface area contributed by atoms with Crippen LogP contribution in [0.2, 0.25) is 0 Å². The van der Waals surface area contributed by atoms with Crippen LogP contribution in [0.1, 0.15) is 31.2 Å². The van der Waals surface area contributed by atoms with Gasteiger partial charge in [0.1, 0.15) is 0 Å². The van der Waals surface area contributed by atoms with Crippen molar-refractivity contribution < 1.29 is 14.2 Å². The van der Waals surface area contributed by atoms with Crippen molar-refractivity contribution in [2.75, 3.05) is 33.4 Å². The predicted octanol–water partition coefficient (Wildman–Crippen LogP) is 2.68. The van der Waals surface area contributed by atoms with Crippen molar-refractivity contribution in [3.8, 4) is 11.5 Å². The van der Waals surface area contributed by atoms with E-state index in [1.54, 1.807) is 7.11 Å². The van der Waals surface area contributed by atoms with E-state index in [4.69, 9.17) is 14.2 Å². The third-order valence-electron chi connectivity index (χ3n) is 4.14. The van der Waals surface area contributed by atoms with Gasteiger partial charge in [0, 0.05) is 0 Å². The smallest absolute Gasteiger partial charge is 0.162 e. The summed E-state index contributed by atoms with van der Waals surface area (Å²) in [6.07, 6.45) is 6.98. The molecule has 0 N–H and O–H groups in total. The fourth-order valence-corrected chi connectivity index (χ4v) is 2.87. The maximum Gasteiger partial charge on any atom is 0.162 e. The van der Waals surface area contributed by atoms with Gasteiger partial charge >= 0.3 is 0 Å². The summed E-state index contributed by atoms with van der Waals surface area (Å²) < 4.78 is 16.8. The topological polar surface area (TPSA) is 43.3 Å². The first kappa shape index (κ1) is 15.2. The minimum atomic E-state index is 0.320. The summed E-state index contributed by atoms with van der Waals surface area (Å²) in [4.78, 5) is 0. The lowest BCUT2D eigenvalue weighted by Gasteiger charge is -2.23. The summed E-state index contributed by atoms with van der Waals surface area (Å²) >= 11 is 0. The molecule has 1 aromatic rings. The summed E-state index contributed by atoms with van der Waals surface area (Å²) in [5.41, 5.74) is 1.03. The molecule has 1 aromatic carbocycles. The Balaban J connectivity index is 1.69. The zero-order valence-electron chi connectivity index (χ0n) is 13.2. The van der Waals surface area contributed by atoms with E-state index in [0.29, 0.717) is 6.10 Å². The van der Waals surface area contributed by atoms with Crippen molar-refractivity contribution in [3.63, 3.8) is 0 Å². The van der Waals surface area contributed by atoms with Crippen LogP contribution in [-0.4, -0.2) is 50.7 Å². The van der Waals surface area contributed by atoms with Crippen molar-refractivity contribution in [2.45, 2.75) is 31.8 Å². The van der Waals surface area contributed by atoms with Crippen molar-refractivity contribution >= 4 is 6.21 Å². The molecule has 1 aliphatic heterocycles. The number of hydrazone groups is 1. The summed E-state index contributed by atoms with van der Waals surface area (Å²) in [5.74, 6) is 1.61. The lowest BCUT2D eigenvalue weighted by Crippen LogP contribution is -2.32. The lowest BCUT2D eigenvalue weighted by molar-refractivity contribution is 0.0397. The van der Waals surface area contributed by atoms with Crippen LogP contribution in [0.15, 0.2) is 23.3 Å². The average Bonchev–Trinajstić information content (AvgIpc) is 3.07. The Labute approximate surface area is 131 Å². The van der Waals surface area contributed by atoms with Crippen LogP contribution < -0.4 is 9.47 Å². The molecule has 22 heavy (non-hydrogen) atoms. The molecule has 0 unspecified atom stereocenters. The van der Waals surface area contributed by atoms with Crippen LogP contribution in [0.25, 0.3) is 0 Å². The Morgan fingerprint density at radius 2 is 1.95 bits per heavy atom. The monoisotopic (exact) mass is 304 g/mol. The lowest BCUT2D eigenvalue weighted by atomic mass is 10.2. The average molecular weight is 304 g/mol. The van der Waals surface area contributed by atoms with Gasteiger partial charge in [0.15, 0.2) is 11.5 Å². The maximum absolute atomic E-state index is 6.11. The van der Waals surface area contributed by atoms with E-state index in [1.165, 1.54) is 12.8 Å². The third-order valence-corrected chi connectivity index (χ3v) is 4.14. The summed E-state index contributed by atoms with van der Waals surface area (Å²) in [6, 6.07) is 5.97. The molecule has 5 heteroatoms. The maximum atomic E-state index is 6.11. The molecule has 2 fully saturated rings. The largest absolute Gasteiger partial charge is 0.493 e. The van der Waals surface area contributed by atoms with E-state index in [0.717, 1.165) is 56.2 Å². The van der Waals surface area contributed by atoms with Gasteiger partial charge in [-0.15, -0.1) is 0 Å². The molecule has 0 atom stereocenters. The molecule has 1 aliphatic carbocycles. The van der Waals surface area contributed by atoms with Crippen molar-refractivity contribution in [1.29, 1.82) is 0 Å². The van der Waals surface area contributed by atoms with Crippen LogP contribution in [0.3, 0.4) is 0 Å². The molecule has 2 aliphatic rings. The van der Waals surface area contributed by atoms with Crippen LogP contribution in [0.4, 0.5) is 0 Å². The van der Waals surface area contributed by atoms with Crippen LogP contribution in [0, 0.1) is 0 Å². The van der Waals surface area contributed by atoms with E-state index in [2.05, 4.69) is 5.10 Å². The van der Waals surface area contributed by atoms with Gasteiger partial charge in [-0.1, -0.05) is 0 Å². The number of hydrogen-bond donors (Lipinski definition) is 0. The van der Waals surface area contributed by atoms with E-state index >= 15 is 0 Å². The number of morpholine rings is 1. The van der Waals surface area contributed by atoms with Gasteiger partial charge in [0.2, 0.25) is 0 Å². The van der Waals surface area contributed by atoms with Crippen molar-refractivity contribution in [3.05, 3.63) is 23.8 Å². The molecule has 1 saturated carbocycles. The molecule has 0 amide bonds. The van der Waals surface area contributed by atoms with Gasteiger partial charge in [-0.2, -0.15) is 5.10 Å². The molecule has 1 saturated heterocycles. The van der Waals surface area contributed by atoms with Gasteiger partial charge in [-0.05, 0) is 49.4 Å². The highest BCUT2D eigenvalue weighted by molar-refractivity contribution is 5.80. The zero-order valence-corrected chi connectivity index (χ0v) is 13.2. The molecular weight excluding hydrogens is 280 g/mol. The molecule has 0 spiro atoms. The Hall–Kier alpha value is -1.75. The molecular formula is C17H24N2O3. The Morgan fingerprint density at radius 1 is 1.18 bits per heavy atom. The van der Waals surface area contributed by atoms with Gasteiger partial charge in [0.05, 0.1) is 45.7 Å². The Kier molecular flexibility index (Phi) is 5.16. The second-order valence-electron chi connectivity index (χ2n) is 5.75. The third kappa shape index (κ3) is 3.91. The fourth-order valence-electron chi connectivity index (χ4n) is 2.87. The number of benzene rings is 1. The number of ether oxygens (including phenoxy) is 3. The van der Waals surface area contributed by atoms with Gasteiger partial charge in [-0.3, -0.25) is 5.01 Å². The predicted molar refractivity (Wildman–Crippen MR) is 85.9 cm³/mol. The number of nitrogens with zero attached hydrogens (tertiary/aromatic N) is 2. The van der Waals surface area contributed by atoms with E-state index in [1.807, 2.05) is 29.4 Å². The molecule has 3 rings (SSSR count). The highest BCUT2D eigenvalue weighted by atomic mass is 16.5. The van der Waals surface area contributed by atoms with E-state index < -0.39 is 0 Å². The fraction of sp³-hybridized carbons (Fsp3) is 0.588. The van der Waals surface area contributed by atoms with Crippen molar-refractivity contribution in [1.82, 2.24) is 5.01 Å². The summed E-state index contributed by atoms with van der Waals surface area (Å²) in [7, 11) is 1.68.